The second kappa shape index (κ2) is 8.66. The third kappa shape index (κ3) is 5.53. The van der Waals surface area contributed by atoms with Gasteiger partial charge in [-0.25, -0.2) is 0 Å². The number of hydrogen-bond acceptors (Lipinski definition) is 3. The van der Waals surface area contributed by atoms with Crippen LogP contribution in [0.2, 0.25) is 0 Å². The molecule has 1 aliphatic rings. The Morgan fingerprint density at radius 3 is 2.76 bits per heavy atom. The van der Waals surface area contributed by atoms with E-state index in [0.29, 0.717) is 6.54 Å². The predicted molar refractivity (Wildman–Crippen MR) is 92.0 cm³/mol. The van der Waals surface area contributed by atoms with E-state index in [1.807, 2.05) is 25.1 Å². The largest absolute Gasteiger partial charge is 0.355 e. The summed E-state index contributed by atoms with van der Waals surface area (Å²) in [7, 11) is 0. The number of halogens is 1. The second-order valence-corrected chi connectivity index (χ2v) is 6.93. The van der Waals surface area contributed by atoms with E-state index < -0.39 is 0 Å². The van der Waals surface area contributed by atoms with E-state index in [1.165, 1.54) is 4.90 Å². The van der Waals surface area contributed by atoms with Crippen LogP contribution in [0.1, 0.15) is 32.6 Å². The van der Waals surface area contributed by atoms with E-state index in [1.54, 1.807) is 11.8 Å². The van der Waals surface area contributed by atoms with Gasteiger partial charge < -0.3 is 11.1 Å². The van der Waals surface area contributed by atoms with Crippen LogP contribution in [0.4, 0.5) is 0 Å². The Bertz CT molecular complexity index is 439. The number of benzene rings is 1. The lowest BCUT2D eigenvalue weighted by atomic mass is 9.74. The zero-order valence-electron chi connectivity index (χ0n) is 12.5. The Kier molecular flexibility index (Phi) is 7.57. The molecule has 0 aromatic heterocycles. The van der Waals surface area contributed by atoms with Crippen molar-refractivity contribution in [2.24, 2.45) is 11.7 Å². The lowest BCUT2D eigenvalue weighted by Gasteiger charge is -2.37. The van der Waals surface area contributed by atoms with Gasteiger partial charge in [0.15, 0.2) is 0 Å². The average Bonchev–Trinajstić information content (AvgIpc) is 2.44. The van der Waals surface area contributed by atoms with E-state index in [-0.39, 0.29) is 29.8 Å². The van der Waals surface area contributed by atoms with Crippen LogP contribution in [-0.2, 0) is 4.79 Å². The van der Waals surface area contributed by atoms with Crippen molar-refractivity contribution in [3.63, 3.8) is 0 Å². The standard InChI is InChI=1S/C16H24N2OS.ClH/c1-16(17)10-6-5-9-14(16)15(19)18-11-12-20-13-7-3-2-4-8-13;/h2-4,7-8,14H,5-6,9-12,17H2,1H3,(H,18,19);1H. The van der Waals surface area contributed by atoms with E-state index in [9.17, 15) is 4.79 Å². The summed E-state index contributed by atoms with van der Waals surface area (Å²) < 4.78 is 0. The van der Waals surface area contributed by atoms with Gasteiger partial charge in [-0.15, -0.1) is 24.2 Å². The molecule has 3 nitrogen and oxygen atoms in total. The Labute approximate surface area is 137 Å². The quantitative estimate of drug-likeness (QED) is 0.644. The maximum Gasteiger partial charge on any atom is 0.224 e. The lowest BCUT2D eigenvalue weighted by Crippen LogP contribution is -2.53. The van der Waals surface area contributed by atoms with E-state index >= 15 is 0 Å². The molecule has 0 heterocycles. The van der Waals surface area contributed by atoms with Crippen molar-refractivity contribution in [3.05, 3.63) is 30.3 Å². The molecule has 0 bridgehead atoms. The molecule has 1 saturated carbocycles. The highest BCUT2D eigenvalue weighted by Gasteiger charge is 2.37. The second-order valence-electron chi connectivity index (χ2n) is 5.76. The van der Waals surface area contributed by atoms with Crippen molar-refractivity contribution >= 4 is 30.1 Å². The Morgan fingerprint density at radius 2 is 2.10 bits per heavy atom. The van der Waals surface area contributed by atoms with E-state index in [0.717, 1.165) is 31.4 Å². The summed E-state index contributed by atoms with van der Waals surface area (Å²) in [5.74, 6) is 0.991. The van der Waals surface area contributed by atoms with Crippen LogP contribution in [0.3, 0.4) is 0 Å². The Hall–Kier alpha value is -0.710. The fourth-order valence-corrected chi connectivity index (χ4v) is 3.56. The molecule has 0 aliphatic heterocycles. The fourth-order valence-electron chi connectivity index (χ4n) is 2.77. The van der Waals surface area contributed by atoms with Crippen molar-refractivity contribution < 1.29 is 4.79 Å². The molecule has 21 heavy (non-hydrogen) atoms. The monoisotopic (exact) mass is 328 g/mol. The molecule has 0 saturated heterocycles. The maximum absolute atomic E-state index is 12.2. The van der Waals surface area contributed by atoms with Gasteiger partial charge in [-0.2, -0.15) is 0 Å². The molecular formula is C16H25ClN2OS. The summed E-state index contributed by atoms with van der Waals surface area (Å²) >= 11 is 1.76. The number of carbonyl (C=O) groups excluding carboxylic acids is 1. The van der Waals surface area contributed by atoms with Crippen molar-refractivity contribution in [1.29, 1.82) is 0 Å². The van der Waals surface area contributed by atoms with Crippen LogP contribution in [0.5, 0.6) is 0 Å². The Morgan fingerprint density at radius 1 is 1.38 bits per heavy atom. The lowest BCUT2D eigenvalue weighted by molar-refractivity contribution is -0.127. The summed E-state index contributed by atoms with van der Waals surface area (Å²) in [5, 5.41) is 3.04. The summed E-state index contributed by atoms with van der Waals surface area (Å²) in [5.41, 5.74) is 5.91. The maximum atomic E-state index is 12.2. The fraction of sp³-hybridized carbons (Fsp3) is 0.562. The van der Waals surface area contributed by atoms with Crippen LogP contribution in [-0.4, -0.2) is 23.7 Å². The van der Waals surface area contributed by atoms with E-state index in [4.69, 9.17) is 5.73 Å². The smallest absolute Gasteiger partial charge is 0.224 e. The highest BCUT2D eigenvalue weighted by Crippen LogP contribution is 2.31. The van der Waals surface area contributed by atoms with Crippen LogP contribution < -0.4 is 11.1 Å². The molecule has 0 spiro atoms. The SMILES string of the molecule is CC1(N)CCCCC1C(=O)NCCSc1ccccc1.Cl. The average molecular weight is 329 g/mol. The summed E-state index contributed by atoms with van der Waals surface area (Å²) in [6.07, 6.45) is 4.12. The van der Waals surface area contributed by atoms with Crippen LogP contribution in [0.15, 0.2) is 35.2 Å². The number of nitrogens with two attached hydrogens (primary N) is 1. The van der Waals surface area contributed by atoms with Gasteiger partial charge in [0.1, 0.15) is 0 Å². The first-order valence-corrected chi connectivity index (χ1v) is 8.32. The van der Waals surface area contributed by atoms with Gasteiger partial charge in [0, 0.05) is 22.7 Å². The minimum absolute atomic E-state index is 0. The normalized spacial score (nSPS) is 25.0. The van der Waals surface area contributed by atoms with Crippen LogP contribution in [0.25, 0.3) is 0 Å². The molecule has 2 atom stereocenters. The van der Waals surface area contributed by atoms with Crippen molar-refractivity contribution in [1.82, 2.24) is 5.32 Å². The van der Waals surface area contributed by atoms with Gasteiger partial charge in [0.05, 0.1) is 5.92 Å². The third-order valence-electron chi connectivity index (χ3n) is 3.98. The molecule has 5 heteroatoms. The number of carbonyl (C=O) groups is 1. The Balaban J connectivity index is 0.00000220. The minimum atomic E-state index is -0.338. The van der Waals surface area contributed by atoms with Gasteiger partial charge in [-0.05, 0) is 31.9 Å². The first-order chi connectivity index (χ1) is 9.59. The first-order valence-electron chi connectivity index (χ1n) is 7.34. The van der Waals surface area contributed by atoms with Gasteiger partial charge >= 0.3 is 0 Å². The number of nitrogens with one attached hydrogen (secondary N) is 1. The predicted octanol–water partition coefficient (Wildman–Crippen LogP) is 3.22. The number of amides is 1. The highest BCUT2D eigenvalue weighted by molar-refractivity contribution is 7.99. The number of hydrogen-bond donors (Lipinski definition) is 2. The van der Waals surface area contributed by atoms with Gasteiger partial charge in [-0.3, -0.25) is 4.79 Å². The van der Waals surface area contributed by atoms with Crippen molar-refractivity contribution in [3.8, 4) is 0 Å². The molecule has 1 aromatic rings. The molecule has 2 unspecified atom stereocenters. The molecule has 1 fully saturated rings. The molecular weight excluding hydrogens is 304 g/mol. The molecule has 0 radical (unpaired) electrons. The first kappa shape index (κ1) is 18.3. The molecule has 1 aromatic carbocycles. The van der Waals surface area contributed by atoms with Crippen molar-refractivity contribution in [2.45, 2.75) is 43.0 Å². The molecule has 1 aliphatic carbocycles. The highest BCUT2D eigenvalue weighted by atomic mass is 35.5. The van der Waals surface area contributed by atoms with Gasteiger partial charge in [-0.1, -0.05) is 31.0 Å². The topological polar surface area (TPSA) is 55.1 Å². The van der Waals surface area contributed by atoms with Gasteiger partial charge in [0.2, 0.25) is 5.91 Å². The number of thioether (sulfide) groups is 1. The zero-order valence-corrected chi connectivity index (χ0v) is 14.1. The van der Waals surface area contributed by atoms with E-state index in [2.05, 4.69) is 17.4 Å². The minimum Gasteiger partial charge on any atom is -0.355 e. The van der Waals surface area contributed by atoms with Crippen LogP contribution in [0, 0.1) is 5.92 Å². The molecule has 2 rings (SSSR count). The number of rotatable bonds is 5. The van der Waals surface area contributed by atoms with Crippen molar-refractivity contribution in [2.75, 3.05) is 12.3 Å². The molecule has 118 valence electrons. The van der Waals surface area contributed by atoms with Gasteiger partial charge in [0.25, 0.3) is 0 Å². The molecule has 1 amide bonds. The summed E-state index contributed by atoms with van der Waals surface area (Å²) in [6, 6.07) is 10.2. The molecule has 3 N–H and O–H groups in total. The van der Waals surface area contributed by atoms with Crippen LogP contribution >= 0.6 is 24.2 Å². The zero-order chi connectivity index (χ0) is 14.4. The third-order valence-corrected chi connectivity index (χ3v) is 5.00. The summed E-state index contributed by atoms with van der Waals surface area (Å²) in [4.78, 5) is 13.5. The summed E-state index contributed by atoms with van der Waals surface area (Å²) in [6.45, 7) is 2.71.